The van der Waals surface area contributed by atoms with Gasteiger partial charge in [-0.15, -0.1) is 5.10 Å². The van der Waals surface area contributed by atoms with Crippen LogP contribution in [0.15, 0.2) is 24.3 Å². The van der Waals surface area contributed by atoms with Gasteiger partial charge in [-0.2, -0.15) is 0 Å². The summed E-state index contributed by atoms with van der Waals surface area (Å²) in [7, 11) is 0. The van der Waals surface area contributed by atoms with E-state index in [1.165, 1.54) is 0 Å². The van der Waals surface area contributed by atoms with Crippen LogP contribution in [0.25, 0.3) is 5.69 Å². The van der Waals surface area contributed by atoms with E-state index >= 15 is 0 Å². The molecule has 0 amide bonds. The standard InChI is InChI=1S/C15H17N3O3/c1-2-3-4-14-13(10-19)16-17-18(14)12-7-5-11(6-8-12)9-15(20)21/h5-8,10H,2-4,9H2,1H3,(H,20,21). The molecule has 6 nitrogen and oxygen atoms in total. The van der Waals surface area contributed by atoms with Crippen molar-refractivity contribution in [1.82, 2.24) is 15.0 Å². The van der Waals surface area contributed by atoms with Gasteiger partial charge >= 0.3 is 5.97 Å². The topological polar surface area (TPSA) is 85.1 Å². The number of carboxylic acids is 1. The van der Waals surface area contributed by atoms with E-state index in [-0.39, 0.29) is 6.42 Å². The van der Waals surface area contributed by atoms with E-state index in [4.69, 9.17) is 5.11 Å². The van der Waals surface area contributed by atoms with Crippen LogP contribution in [-0.2, 0) is 17.6 Å². The first-order valence-electron chi connectivity index (χ1n) is 6.86. The van der Waals surface area contributed by atoms with Crippen molar-refractivity contribution in [3.8, 4) is 5.69 Å². The number of aliphatic carboxylic acids is 1. The minimum atomic E-state index is -0.865. The molecule has 0 fully saturated rings. The van der Waals surface area contributed by atoms with Crippen LogP contribution in [-0.4, -0.2) is 32.4 Å². The highest BCUT2D eigenvalue weighted by atomic mass is 16.4. The van der Waals surface area contributed by atoms with Crippen LogP contribution >= 0.6 is 0 Å². The number of hydrogen-bond donors (Lipinski definition) is 1. The van der Waals surface area contributed by atoms with Crippen LogP contribution < -0.4 is 0 Å². The number of unbranched alkanes of at least 4 members (excludes halogenated alkanes) is 1. The van der Waals surface area contributed by atoms with Crippen LogP contribution in [0.2, 0.25) is 0 Å². The summed E-state index contributed by atoms with van der Waals surface area (Å²) in [6.07, 6.45) is 3.40. The fourth-order valence-corrected chi connectivity index (χ4v) is 2.12. The molecule has 1 aromatic heterocycles. The Bertz CT molecular complexity index is 632. The Balaban J connectivity index is 2.30. The molecule has 2 aromatic rings. The molecule has 0 atom stereocenters. The van der Waals surface area contributed by atoms with Gasteiger partial charge in [-0.3, -0.25) is 9.59 Å². The highest BCUT2D eigenvalue weighted by Gasteiger charge is 2.13. The first-order chi connectivity index (χ1) is 10.2. The first-order valence-corrected chi connectivity index (χ1v) is 6.86. The van der Waals surface area contributed by atoms with E-state index in [0.717, 1.165) is 36.2 Å². The highest BCUT2D eigenvalue weighted by molar-refractivity contribution is 5.73. The molecule has 110 valence electrons. The van der Waals surface area contributed by atoms with Gasteiger partial charge in [0.25, 0.3) is 0 Å². The maximum Gasteiger partial charge on any atom is 0.307 e. The van der Waals surface area contributed by atoms with Crippen molar-refractivity contribution >= 4 is 12.3 Å². The third kappa shape index (κ3) is 3.53. The molecule has 0 saturated heterocycles. The minimum absolute atomic E-state index is 0.0140. The average molecular weight is 287 g/mol. The molecular formula is C15H17N3O3. The third-order valence-corrected chi connectivity index (χ3v) is 3.21. The molecule has 0 aliphatic heterocycles. The van der Waals surface area contributed by atoms with Crippen LogP contribution in [0.1, 0.15) is 41.5 Å². The van der Waals surface area contributed by atoms with E-state index in [1.54, 1.807) is 28.9 Å². The van der Waals surface area contributed by atoms with Gasteiger partial charge in [0.15, 0.2) is 6.29 Å². The van der Waals surface area contributed by atoms with E-state index < -0.39 is 5.97 Å². The Morgan fingerprint density at radius 1 is 1.33 bits per heavy atom. The molecule has 0 spiro atoms. The Kier molecular flexibility index (Phi) is 4.81. The Morgan fingerprint density at radius 3 is 2.62 bits per heavy atom. The van der Waals surface area contributed by atoms with Gasteiger partial charge in [0, 0.05) is 0 Å². The zero-order valence-corrected chi connectivity index (χ0v) is 11.8. The molecule has 21 heavy (non-hydrogen) atoms. The minimum Gasteiger partial charge on any atom is -0.481 e. The molecule has 1 aromatic carbocycles. The van der Waals surface area contributed by atoms with E-state index in [1.807, 2.05) is 0 Å². The second-order valence-corrected chi connectivity index (χ2v) is 4.79. The number of rotatable bonds is 7. The zero-order valence-electron chi connectivity index (χ0n) is 11.8. The molecule has 2 rings (SSSR count). The van der Waals surface area contributed by atoms with Crippen molar-refractivity contribution in [3.05, 3.63) is 41.2 Å². The highest BCUT2D eigenvalue weighted by Crippen LogP contribution is 2.15. The van der Waals surface area contributed by atoms with Crippen molar-refractivity contribution in [2.45, 2.75) is 32.6 Å². The molecule has 0 bridgehead atoms. The van der Waals surface area contributed by atoms with Gasteiger partial charge in [-0.05, 0) is 30.5 Å². The van der Waals surface area contributed by atoms with Gasteiger partial charge in [-0.25, -0.2) is 4.68 Å². The van der Waals surface area contributed by atoms with Crippen molar-refractivity contribution in [1.29, 1.82) is 0 Å². The van der Waals surface area contributed by atoms with E-state index in [0.29, 0.717) is 12.0 Å². The van der Waals surface area contributed by atoms with Crippen LogP contribution in [0, 0.1) is 0 Å². The second kappa shape index (κ2) is 6.78. The lowest BCUT2D eigenvalue weighted by atomic mass is 10.1. The average Bonchev–Trinajstić information content (AvgIpc) is 2.88. The van der Waals surface area contributed by atoms with Crippen molar-refractivity contribution in [2.75, 3.05) is 0 Å². The molecule has 6 heteroatoms. The molecular weight excluding hydrogens is 270 g/mol. The number of benzene rings is 1. The van der Waals surface area contributed by atoms with Crippen LogP contribution in [0.3, 0.4) is 0 Å². The van der Waals surface area contributed by atoms with Crippen molar-refractivity contribution in [3.63, 3.8) is 0 Å². The van der Waals surface area contributed by atoms with Crippen LogP contribution in [0.5, 0.6) is 0 Å². The largest absolute Gasteiger partial charge is 0.481 e. The maximum absolute atomic E-state index is 11.0. The normalized spacial score (nSPS) is 10.5. The summed E-state index contributed by atoms with van der Waals surface area (Å²) in [5, 5.41) is 16.7. The molecule has 1 N–H and O–H groups in total. The van der Waals surface area contributed by atoms with Gasteiger partial charge in [0.1, 0.15) is 5.69 Å². The quantitative estimate of drug-likeness (QED) is 0.788. The fourth-order valence-electron chi connectivity index (χ4n) is 2.12. The monoisotopic (exact) mass is 287 g/mol. The maximum atomic E-state index is 11.0. The number of aromatic nitrogens is 3. The molecule has 0 unspecified atom stereocenters. The van der Waals surface area contributed by atoms with Gasteiger partial charge in [0.2, 0.25) is 0 Å². The lowest BCUT2D eigenvalue weighted by molar-refractivity contribution is -0.136. The Hall–Kier alpha value is -2.50. The molecule has 1 heterocycles. The summed E-state index contributed by atoms with van der Waals surface area (Å²) < 4.78 is 1.64. The summed E-state index contributed by atoms with van der Waals surface area (Å²) in [6, 6.07) is 7.07. The summed E-state index contributed by atoms with van der Waals surface area (Å²) in [5.41, 5.74) is 2.64. The van der Waals surface area contributed by atoms with Gasteiger partial charge in [0.05, 0.1) is 17.8 Å². The Labute approximate surface area is 122 Å². The molecule has 0 aliphatic carbocycles. The smallest absolute Gasteiger partial charge is 0.307 e. The van der Waals surface area contributed by atoms with Crippen LogP contribution in [0.4, 0.5) is 0 Å². The summed E-state index contributed by atoms with van der Waals surface area (Å²) in [4.78, 5) is 21.7. The fraction of sp³-hybridized carbons (Fsp3) is 0.333. The number of nitrogens with zero attached hydrogens (tertiary/aromatic N) is 3. The van der Waals surface area contributed by atoms with E-state index in [9.17, 15) is 9.59 Å². The van der Waals surface area contributed by atoms with Gasteiger partial charge < -0.3 is 5.11 Å². The number of carbonyl (C=O) groups excluding carboxylic acids is 1. The SMILES string of the molecule is CCCCc1c(C=O)nnn1-c1ccc(CC(=O)O)cc1. The molecule has 0 saturated carbocycles. The predicted octanol–water partition coefficient (Wildman–Crippen LogP) is 2.05. The summed E-state index contributed by atoms with van der Waals surface area (Å²) >= 11 is 0. The first kappa shape index (κ1) is 14.9. The Morgan fingerprint density at radius 2 is 2.05 bits per heavy atom. The van der Waals surface area contributed by atoms with Gasteiger partial charge in [-0.1, -0.05) is 30.7 Å². The number of aldehydes is 1. The molecule has 0 radical (unpaired) electrons. The van der Waals surface area contributed by atoms with Crippen molar-refractivity contribution in [2.24, 2.45) is 0 Å². The molecule has 0 aliphatic rings. The third-order valence-electron chi connectivity index (χ3n) is 3.21. The second-order valence-electron chi connectivity index (χ2n) is 4.79. The van der Waals surface area contributed by atoms with E-state index in [2.05, 4.69) is 17.2 Å². The summed E-state index contributed by atoms with van der Waals surface area (Å²) in [5.74, 6) is -0.865. The number of carboxylic acid groups (broad SMARTS) is 1. The summed E-state index contributed by atoms with van der Waals surface area (Å²) in [6.45, 7) is 2.08. The lowest BCUT2D eigenvalue weighted by Crippen LogP contribution is -2.05. The lowest BCUT2D eigenvalue weighted by Gasteiger charge is -2.07. The number of hydrogen-bond acceptors (Lipinski definition) is 4. The zero-order chi connectivity index (χ0) is 15.2. The number of carbonyl (C=O) groups is 2. The predicted molar refractivity (Wildman–Crippen MR) is 76.7 cm³/mol. The van der Waals surface area contributed by atoms with Crippen molar-refractivity contribution < 1.29 is 14.7 Å².